The Morgan fingerprint density at radius 3 is 2.63 bits per heavy atom. The maximum absolute atomic E-state index is 13.5. The molecule has 3 aromatic rings. The van der Waals surface area contributed by atoms with Crippen LogP contribution in [0.1, 0.15) is 35.3 Å². The zero-order valence-electron chi connectivity index (χ0n) is 20.6. The fourth-order valence-electron chi connectivity index (χ4n) is 3.70. The molecule has 1 saturated heterocycles. The first-order valence-corrected chi connectivity index (χ1v) is 13.0. The molecular weight excluding hydrogens is 531 g/mol. The van der Waals surface area contributed by atoms with Crippen molar-refractivity contribution in [2.75, 3.05) is 13.2 Å². The first-order valence-electron chi connectivity index (χ1n) is 11.8. The van der Waals surface area contributed by atoms with Gasteiger partial charge in [-0.1, -0.05) is 29.8 Å². The van der Waals surface area contributed by atoms with E-state index in [4.69, 9.17) is 21.1 Å². The number of ether oxygens (including phenoxy) is 2. The van der Waals surface area contributed by atoms with Gasteiger partial charge in [0.1, 0.15) is 12.4 Å². The Morgan fingerprint density at radius 1 is 1.13 bits per heavy atom. The average molecular weight is 555 g/mol. The monoisotopic (exact) mass is 554 g/mol. The number of carbonyl (C=O) groups is 2. The van der Waals surface area contributed by atoms with E-state index in [1.165, 1.54) is 40.9 Å². The molecule has 196 valence electrons. The van der Waals surface area contributed by atoms with Gasteiger partial charge in [-0.3, -0.25) is 9.69 Å². The standard InChI is InChI=1S/C28H24ClFN2O5S/c1-3-32-26(33)24(38-28(32)31-21-10-6-8-19(15-21)27(34)35)14-18-12-22(29)25(23(13-18)36-4-2)37-16-17-7-5-9-20(30)11-17/h5-15H,3-4,16H2,1-2H3,(H,34,35)/b24-14-,31-28?. The molecule has 0 spiro atoms. The van der Waals surface area contributed by atoms with Crippen molar-refractivity contribution in [2.24, 2.45) is 4.99 Å². The molecule has 0 unspecified atom stereocenters. The van der Waals surface area contributed by atoms with Gasteiger partial charge in [0.25, 0.3) is 5.91 Å². The minimum Gasteiger partial charge on any atom is -0.490 e. The zero-order chi connectivity index (χ0) is 27.2. The molecule has 3 aromatic carbocycles. The van der Waals surface area contributed by atoms with Crippen molar-refractivity contribution in [3.63, 3.8) is 0 Å². The predicted molar refractivity (Wildman–Crippen MR) is 147 cm³/mol. The molecule has 38 heavy (non-hydrogen) atoms. The van der Waals surface area contributed by atoms with Crippen LogP contribution in [0.15, 0.2) is 70.6 Å². The number of nitrogens with zero attached hydrogens (tertiary/aromatic N) is 2. The highest BCUT2D eigenvalue weighted by molar-refractivity contribution is 8.18. The van der Waals surface area contributed by atoms with Gasteiger partial charge in [0.2, 0.25) is 0 Å². The Hall–Kier alpha value is -3.82. The van der Waals surface area contributed by atoms with Crippen molar-refractivity contribution < 1.29 is 28.6 Å². The molecular formula is C28H24ClFN2O5S. The Balaban J connectivity index is 1.62. The lowest BCUT2D eigenvalue weighted by Crippen LogP contribution is -2.28. The Labute approximate surface area is 228 Å². The second-order valence-corrected chi connectivity index (χ2v) is 9.51. The third-order valence-corrected chi connectivity index (χ3v) is 6.71. The van der Waals surface area contributed by atoms with Crippen LogP contribution in [0.4, 0.5) is 10.1 Å². The van der Waals surface area contributed by atoms with Gasteiger partial charge >= 0.3 is 5.97 Å². The molecule has 10 heteroatoms. The van der Waals surface area contributed by atoms with Crippen LogP contribution in [0.2, 0.25) is 5.02 Å². The molecule has 0 aliphatic carbocycles. The van der Waals surface area contributed by atoms with Gasteiger partial charge in [-0.2, -0.15) is 0 Å². The number of aromatic carboxylic acids is 1. The summed E-state index contributed by atoms with van der Waals surface area (Å²) in [6.45, 7) is 4.50. The number of halogens is 2. The predicted octanol–water partition coefficient (Wildman–Crippen LogP) is 6.78. The van der Waals surface area contributed by atoms with Crippen LogP contribution in [0, 0.1) is 5.82 Å². The van der Waals surface area contributed by atoms with Crippen molar-refractivity contribution in [3.8, 4) is 11.5 Å². The van der Waals surface area contributed by atoms with E-state index < -0.39 is 5.97 Å². The smallest absolute Gasteiger partial charge is 0.335 e. The van der Waals surface area contributed by atoms with Crippen molar-refractivity contribution >= 4 is 52.2 Å². The zero-order valence-corrected chi connectivity index (χ0v) is 22.2. The molecule has 0 saturated carbocycles. The summed E-state index contributed by atoms with van der Waals surface area (Å²) in [6.07, 6.45) is 1.69. The number of amides is 1. The van der Waals surface area contributed by atoms with Crippen molar-refractivity contribution in [1.29, 1.82) is 0 Å². The van der Waals surface area contributed by atoms with Crippen LogP contribution in [0.25, 0.3) is 6.08 Å². The van der Waals surface area contributed by atoms with E-state index in [-0.39, 0.29) is 28.9 Å². The van der Waals surface area contributed by atoms with Crippen molar-refractivity contribution in [1.82, 2.24) is 4.90 Å². The number of amidine groups is 1. The maximum Gasteiger partial charge on any atom is 0.335 e. The molecule has 4 rings (SSSR count). The van der Waals surface area contributed by atoms with E-state index in [9.17, 15) is 19.1 Å². The number of benzene rings is 3. The molecule has 1 aliphatic heterocycles. The normalized spacial score (nSPS) is 15.4. The number of aliphatic imine (C=N–C) groups is 1. The first kappa shape index (κ1) is 27.2. The summed E-state index contributed by atoms with van der Waals surface area (Å²) in [5.41, 5.74) is 1.81. The number of thioether (sulfide) groups is 1. The molecule has 7 nitrogen and oxygen atoms in total. The highest BCUT2D eigenvalue weighted by Gasteiger charge is 2.32. The number of carboxylic acid groups (broad SMARTS) is 1. The average Bonchev–Trinajstić information content (AvgIpc) is 3.17. The summed E-state index contributed by atoms with van der Waals surface area (Å²) in [5, 5.41) is 9.97. The van der Waals surface area contributed by atoms with Crippen LogP contribution in [-0.4, -0.2) is 40.2 Å². The highest BCUT2D eigenvalue weighted by Crippen LogP contribution is 2.40. The molecule has 0 bridgehead atoms. The highest BCUT2D eigenvalue weighted by atomic mass is 35.5. The number of carbonyl (C=O) groups excluding carboxylic acids is 1. The quantitative estimate of drug-likeness (QED) is 0.293. The maximum atomic E-state index is 13.5. The van der Waals surface area contributed by atoms with Crippen LogP contribution < -0.4 is 9.47 Å². The SMILES string of the molecule is CCOc1cc(/C=C2\SC(=Nc3cccc(C(=O)O)c3)N(CC)C2=O)cc(Cl)c1OCc1cccc(F)c1. The Bertz CT molecular complexity index is 1440. The molecule has 1 fully saturated rings. The summed E-state index contributed by atoms with van der Waals surface area (Å²) in [5.74, 6) is -0.931. The topological polar surface area (TPSA) is 88.4 Å². The Morgan fingerprint density at radius 2 is 1.92 bits per heavy atom. The van der Waals surface area contributed by atoms with E-state index in [1.54, 1.807) is 42.5 Å². The second kappa shape index (κ2) is 12.1. The van der Waals surface area contributed by atoms with E-state index in [1.807, 2.05) is 13.8 Å². The van der Waals surface area contributed by atoms with Crippen LogP contribution in [-0.2, 0) is 11.4 Å². The first-order chi connectivity index (χ1) is 18.3. The van der Waals surface area contributed by atoms with Crippen LogP contribution >= 0.6 is 23.4 Å². The van der Waals surface area contributed by atoms with Gasteiger partial charge < -0.3 is 14.6 Å². The lowest BCUT2D eigenvalue weighted by molar-refractivity contribution is -0.122. The lowest BCUT2D eigenvalue weighted by Gasteiger charge is -2.15. The van der Waals surface area contributed by atoms with E-state index in [0.717, 1.165) is 0 Å². The van der Waals surface area contributed by atoms with Gasteiger partial charge in [-0.05, 0) is 85.3 Å². The molecule has 1 heterocycles. The largest absolute Gasteiger partial charge is 0.490 e. The molecule has 1 N–H and O–H groups in total. The van der Waals surface area contributed by atoms with Gasteiger partial charge in [0, 0.05) is 6.54 Å². The molecule has 0 aromatic heterocycles. The summed E-state index contributed by atoms with van der Waals surface area (Å²) in [7, 11) is 0. The number of hydrogen-bond acceptors (Lipinski definition) is 6. The fourth-order valence-corrected chi connectivity index (χ4v) is 5.03. The van der Waals surface area contributed by atoms with Gasteiger partial charge in [0.15, 0.2) is 16.7 Å². The minimum atomic E-state index is -1.06. The number of rotatable bonds is 9. The van der Waals surface area contributed by atoms with Crippen molar-refractivity contribution in [2.45, 2.75) is 20.5 Å². The van der Waals surface area contributed by atoms with E-state index >= 15 is 0 Å². The lowest BCUT2D eigenvalue weighted by atomic mass is 10.1. The molecule has 1 aliphatic rings. The third kappa shape index (κ3) is 6.35. The fraction of sp³-hybridized carbons (Fsp3) is 0.179. The molecule has 0 radical (unpaired) electrons. The summed E-state index contributed by atoms with van der Waals surface area (Å²) < 4.78 is 25.1. The third-order valence-electron chi connectivity index (χ3n) is 5.42. The summed E-state index contributed by atoms with van der Waals surface area (Å²) in [4.78, 5) is 30.9. The van der Waals surface area contributed by atoms with Gasteiger partial charge in [0.05, 0.1) is 27.8 Å². The number of carboxylic acids is 1. The van der Waals surface area contributed by atoms with Crippen molar-refractivity contribution in [3.05, 3.63) is 93.1 Å². The van der Waals surface area contributed by atoms with Gasteiger partial charge in [-0.25, -0.2) is 14.2 Å². The van der Waals surface area contributed by atoms with Gasteiger partial charge in [-0.15, -0.1) is 0 Å². The van der Waals surface area contributed by atoms with Crippen LogP contribution in [0.5, 0.6) is 11.5 Å². The van der Waals surface area contributed by atoms with Crippen LogP contribution in [0.3, 0.4) is 0 Å². The summed E-state index contributed by atoms with van der Waals surface area (Å²) >= 11 is 7.72. The van der Waals surface area contributed by atoms with E-state index in [0.29, 0.717) is 51.5 Å². The Kier molecular flexibility index (Phi) is 8.70. The molecule has 0 atom stereocenters. The second-order valence-electron chi connectivity index (χ2n) is 8.09. The summed E-state index contributed by atoms with van der Waals surface area (Å²) in [6, 6.07) is 15.7. The number of hydrogen-bond donors (Lipinski definition) is 1. The number of likely N-dealkylation sites (N-methyl/N-ethyl adjacent to an activating group) is 1. The van der Waals surface area contributed by atoms with E-state index in [2.05, 4.69) is 4.99 Å². The minimum absolute atomic E-state index is 0.0979. The molecule has 1 amide bonds.